The van der Waals surface area contributed by atoms with Crippen LogP contribution in [0.4, 0.5) is 0 Å². The second-order valence-corrected chi connectivity index (χ2v) is 1.96. The molecule has 0 unspecified atom stereocenters. The third-order valence-corrected chi connectivity index (χ3v) is 1.10. The maximum Gasteiger partial charge on any atom is -0.0322 e. The van der Waals surface area contributed by atoms with Crippen LogP contribution in [0.1, 0.15) is 32.6 Å². The molecule has 0 heterocycles. The van der Waals surface area contributed by atoms with Crippen molar-refractivity contribution in [1.82, 2.24) is 0 Å². The number of rotatable bonds is 5. The molecular weight excluding hydrogens is 96.1 g/mol. The third kappa shape index (κ3) is 5.74. The summed E-state index contributed by atoms with van der Waals surface area (Å²) in [5, 5.41) is 0. The molecule has 0 spiro atoms. The molecule has 8 heavy (non-hydrogen) atoms. The van der Waals surface area contributed by atoms with Crippen molar-refractivity contribution in [2.75, 3.05) is 0 Å². The topological polar surface area (TPSA) is 0 Å². The van der Waals surface area contributed by atoms with E-state index in [0.29, 0.717) is 0 Å². The first-order valence-corrected chi connectivity index (χ1v) is 3.34. The lowest BCUT2D eigenvalue weighted by molar-refractivity contribution is 0.771. The van der Waals surface area contributed by atoms with E-state index >= 15 is 0 Å². The molecule has 0 aromatic rings. The summed E-state index contributed by atoms with van der Waals surface area (Å²) >= 11 is 0. The maximum absolute atomic E-state index is 3.63. The summed E-state index contributed by atoms with van der Waals surface area (Å²) in [6.07, 6.45) is 9.16. The van der Waals surface area contributed by atoms with Gasteiger partial charge in [-0.25, -0.2) is 0 Å². The van der Waals surface area contributed by atoms with Crippen LogP contribution in [0.15, 0.2) is 12.7 Å². The van der Waals surface area contributed by atoms with Crippen LogP contribution in [0.2, 0.25) is 0 Å². The van der Waals surface area contributed by atoms with Gasteiger partial charge in [-0.1, -0.05) is 25.8 Å². The van der Waals surface area contributed by atoms with Gasteiger partial charge in [0.15, 0.2) is 0 Å². The van der Waals surface area contributed by atoms with Gasteiger partial charge in [-0.05, 0) is 19.3 Å². The van der Waals surface area contributed by atoms with Crippen LogP contribution in [0, 0.1) is 6.42 Å². The highest BCUT2D eigenvalue weighted by atomic mass is 13.9. The molecule has 0 fully saturated rings. The Balaban J connectivity index is 2.62. The van der Waals surface area contributed by atoms with Crippen LogP contribution in [-0.4, -0.2) is 0 Å². The lowest BCUT2D eigenvalue weighted by atomic mass is 10.2. The minimum absolute atomic E-state index is 1.07. The second-order valence-electron chi connectivity index (χ2n) is 1.96. The van der Waals surface area contributed by atoms with Gasteiger partial charge >= 0.3 is 0 Å². The molecule has 0 aromatic heterocycles. The van der Waals surface area contributed by atoms with Crippen molar-refractivity contribution in [3.8, 4) is 0 Å². The first-order chi connectivity index (χ1) is 3.91. The van der Waals surface area contributed by atoms with Crippen molar-refractivity contribution >= 4 is 0 Å². The number of unbranched alkanes of at least 4 members (excludes halogenated alkanes) is 4. The molecule has 0 heteroatoms. The molecule has 0 saturated carbocycles. The van der Waals surface area contributed by atoms with E-state index in [0.717, 1.165) is 6.42 Å². The van der Waals surface area contributed by atoms with E-state index in [1.165, 1.54) is 19.3 Å². The molecule has 0 amide bonds. The molecule has 0 aliphatic carbocycles. The van der Waals surface area contributed by atoms with E-state index in [2.05, 4.69) is 19.9 Å². The van der Waals surface area contributed by atoms with Crippen LogP contribution >= 0.6 is 0 Å². The normalized spacial score (nSPS) is 9.12. The van der Waals surface area contributed by atoms with E-state index in [4.69, 9.17) is 0 Å². The Morgan fingerprint density at radius 3 is 2.75 bits per heavy atom. The standard InChI is InChI=1S/C8H15/c1-3-5-7-8-6-4-2/h3,7H,1,4-6,8H2,2H3. The Morgan fingerprint density at radius 1 is 1.50 bits per heavy atom. The van der Waals surface area contributed by atoms with Gasteiger partial charge in [-0.2, -0.15) is 0 Å². The molecule has 0 aliphatic rings. The summed E-state index contributed by atoms with van der Waals surface area (Å²) in [6, 6.07) is 0. The summed E-state index contributed by atoms with van der Waals surface area (Å²) in [5.41, 5.74) is 0. The highest BCUT2D eigenvalue weighted by molar-refractivity contribution is 4.77. The van der Waals surface area contributed by atoms with E-state index in [1.807, 2.05) is 6.08 Å². The molecule has 0 rings (SSSR count). The Labute approximate surface area is 52.6 Å². The van der Waals surface area contributed by atoms with Gasteiger partial charge < -0.3 is 0 Å². The van der Waals surface area contributed by atoms with Gasteiger partial charge in [-0.15, -0.1) is 6.58 Å². The predicted octanol–water partition coefficient (Wildman–Crippen LogP) is 2.96. The van der Waals surface area contributed by atoms with Crippen molar-refractivity contribution in [3.63, 3.8) is 0 Å². The second kappa shape index (κ2) is 6.74. The lowest BCUT2D eigenvalue weighted by Crippen LogP contribution is -1.73. The Hall–Kier alpha value is -0.260. The molecule has 0 saturated heterocycles. The molecule has 47 valence electrons. The van der Waals surface area contributed by atoms with Gasteiger partial charge in [-0.3, -0.25) is 0 Å². The zero-order valence-electron chi connectivity index (χ0n) is 5.69. The van der Waals surface area contributed by atoms with Gasteiger partial charge in [0.05, 0.1) is 0 Å². The van der Waals surface area contributed by atoms with Crippen molar-refractivity contribution in [2.24, 2.45) is 0 Å². The fraction of sp³-hybridized carbons (Fsp3) is 0.625. The van der Waals surface area contributed by atoms with Crippen LogP contribution in [0.3, 0.4) is 0 Å². The van der Waals surface area contributed by atoms with Gasteiger partial charge in [0, 0.05) is 0 Å². The first kappa shape index (κ1) is 7.74. The Bertz CT molecular complexity index is 46.0. The van der Waals surface area contributed by atoms with Gasteiger partial charge in [0.1, 0.15) is 0 Å². The van der Waals surface area contributed by atoms with Gasteiger partial charge in [0.2, 0.25) is 0 Å². The molecule has 0 aromatic carbocycles. The van der Waals surface area contributed by atoms with Crippen LogP contribution in [0.25, 0.3) is 0 Å². The number of allylic oxidation sites excluding steroid dienone is 1. The monoisotopic (exact) mass is 111 g/mol. The largest absolute Gasteiger partial charge is 0.103 e. The van der Waals surface area contributed by atoms with Crippen molar-refractivity contribution in [3.05, 3.63) is 19.1 Å². The fourth-order valence-electron chi connectivity index (χ4n) is 0.584. The van der Waals surface area contributed by atoms with Crippen molar-refractivity contribution < 1.29 is 0 Å². The molecular formula is C8H15. The third-order valence-electron chi connectivity index (χ3n) is 1.10. The van der Waals surface area contributed by atoms with Crippen molar-refractivity contribution in [2.45, 2.75) is 32.6 Å². The average molecular weight is 111 g/mol. The molecule has 0 atom stereocenters. The Kier molecular flexibility index (Phi) is 6.52. The minimum Gasteiger partial charge on any atom is -0.103 e. The molecule has 0 aliphatic heterocycles. The minimum atomic E-state index is 1.07. The Morgan fingerprint density at radius 2 is 2.25 bits per heavy atom. The SMILES string of the molecule is C=CC[CH]CCCC. The average Bonchev–Trinajstić information content (AvgIpc) is 1.81. The predicted molar refractivity (Wildman–Crippen MR) is 38.6 cm³/mol. The maximum atomic E-state index is 3.63. The molecule has 0 nitrogen and oxygen atoms in total. The van der Waals surface area contributed by atoms with Crippen LogP contribution in [-0.2, 0) is 0 Å². The van der Waals surface area contributed by atoms with E-state index in [1.54, 1.807) is 0 Å². The molecule has 1 radical (unpaired) electrons. The first-order valence-electron chi connectivity index (χ1n) is 3.34. The highest BCUT2D eigenvalue weighted by Gasteiger charge is 1.82. The fourth-order valence-corrected chi connectivity index (χ4v) is 0.584. The zero-order valence-corrected chi connectivity index (χ0v) is 5.69. The molecule has 0 N–H and O–H groups in total. The summed E-state index contributed by atoms with van der Waals surface area (Å²) in [4.78, 5) is 0. The summed E-state index contributed by atoms with van der Waals surface area (Å²) in [7, 11) is 0. The zero-order chi connectivity index (χ0) is 6.24. The van der Waals surface area contributed by atoms with E-state index < -0.39 is 0 Å². The summed E-state index contributed by atoms with van der Waals surface area (Å²) < 4.78 is 0. The highest BCUT2D eigenvalue weighted by Crippen LogP contribution is 2.00. The van der Waals surface area contributed by atoms with E-state index in [-0.39, 0.29) is 0 Å². The quantitative estimate of drug-likeness (QED) is 0.378. The van der Waals surface area contributed by atoms with Crippen molar-refractivity contribution in [1.29, 1.82) is 0 Å². The number of hydrogen-bond acceptors (Lipinski definition) is 0. The van der Waals surface area contributed by atoms with Crippen LogP contribution in [0.5, 0.6) is 0 Å². The number of hydrogen-bond donors (Lipinski definition) is 0. The lowest BCUT2D eigenvalue weighted by Gasteiger charge is -1.91. The summed E-state index contributed by atoms with van der Waals surface area (Å²) in [5.74, 6) is 0. The smallest absolute Gasteiger partial charge is 0.0322 e. The summed E-state index contributed by atoms with van der Waals surface area (Å²) in [6.45, 7) is 5.84. The van der Waals surface area contributed by atoms with Crippen LogP contribution < -0.4 is 0 Å². The molecule has 0 bridgehead atoms. The van der Waals surface area contributed by atoms with Gasteiger partial charge in [0.25, 0.3) is 0 Å². The van der Waals surface area contributed by atoms with E-state index in [9.17, 15) is 0 Å².